The van der Waals surface area contributed by atoms with Crippen LogP contribution in [0.1, 0.15) is 11.8 Å². The number of ether oxygens (including phenoxy) is 1. The average molecular weight is 516 g/mol. The van der Waals surface area contributed by atoms with Crippen LogP contribution in [0.3, 0.4) is 0 Å². The maximum Gasteiger partial charge on any atom is 0.530 e. The quantitative estimate of drug-likeness (QED) is 0.455. The van der Waals surface area contributed by atoms with Crippen LogP contribution in [-0.4, -0.2) is 45.3 Å². The summed E-state index contributed by atoms with van der Waals surface area (Å²) < 4.78 is 90.4. The second-order valence-electron chi connectivity index (χ2n) is 7.16. The summed E-state index contributed by atoms with van der Waals surface area (Å²) in [5.41, 5.74) is 0.981. The Hall–Kier alpha value is -2.22. The Bertz CT molecular complexity index is 1190. The number of hydrogen-bond acceptors (Lipinski definition) is 9. The van der Waals surface area contributed by atoms with Gasteiger partial charge in [0.25, 0.3) is 6.43 Å². The molecule has 3 heterocycles. The summed E-state index contributed by atoms with van der Waals surface area (Å²) >= 11 is 5.70. The Balaban J connectivity index is 1.64. The first-order chi connectivity index (χ1) is 15.4. The molecule has 4 unspecified atom stereocenters. The molecule has 0 aliphatic carbocycles. The number of phosphoric acid groups is 1. The number of aromatic nitrogens is 2. The first kappa shape index (κ1) is 23.9. The molecule has 1 saturated heterocycles. The highest BCUT2D eigenvalue weighted by Crippen LogP contribution is 2.57. The van der Waals surface area contributed by atoms with Crippen molar-refractivity contribution in [1.29, 1.82) is 0 Å². The first-order valence-electron chi connectivity index (χ1n) is 9.12. The molecule has 3 N–H and O–H groups in total. The molecule has 33 heavy (non-hydrogen) atoms. The van der Waals surface area contributed by atoms with Crippen molar-refractivity contribution >= 4 is 25.2 Å². The molecule has 1 aromatic carbocycles. The average Bonchev–Trinajstić information content (AvgIpc) is 2.96. The number of halogens is 5. The van der Waals surface area contributed by atoms with E-state index in [2.05, 4.69) is 4.98 Å². The minimum absolute atomic E-state index is 0.0726. The molecule has 10 nitrogen and oxygen atoms in total. The number of benzene rings is 1. The second kappa shape index (κ2) is 8.22. The van der Waals surface area contributed by atoms with E-state index < -0.39 is 61.2 Å². The molecule has 2 aromatic rings. The number of nitrogens with two attached hydrogens (primary N) is 1. The largest absolute Gasteiger partial charge is 0.530 e. The molecule has 2 aliphatic heterocycles. The zero-order valence-electron chi connectivity index (χ0n) is 16.2. The highest BCUT2D eigenvalue weighted by atomic mass is 35.5. The van der Waals surface area contributed by atoms with Crippen molar-refractivity contribution in [2.75, 3.05) is 12.3 Å². The van der Waals surface area contributed by atoms with Crippen molar-refractivity contribution in [3.05, 3.63) is 51.5 Å². The molecule has 1 fully saturated rings. The van der Waals surface area contributed by atoms with Gasteiger partial charge in [-0.1, -0.05) is 29.8 Å². The Morgan fingerprint density at radius 2 is 2.09 bits per heavy atom. The van der Waals surface area contributed by atoms with Gasteiger partial charge in [0, 0.05) is 11.8 Å². The topological polar surface area (TPSA) is 135 Å². The van der Waals surface area contributed by atoms with Gasteiger partial charge in [0.2, 0.25) is 6.23 Å². The molecule has 4 rings (SSSR count). The molecule has 4 atom stereocenters. The molecule has 16 heteroatoms. The van der Waals surface area contributed by atoms with Crippen molar-refractivity contribution in [2.24, 2.45) is 0 Å². The third-order valence-electron chi connectivity index (χ3n) is 5.05. The Morgan fingerprint density at radius 1 is 1.39 bits per heavy atom. The van der Waals surface area contributed by atoms with Crippen LogP contribution in [0.25, 0.3) is 0 Å². The molecule has 1 aromatic heterocycles. The molecule has 0 bridgehead atoms. The standard InChI is InChI=1S/C17H15ClF4N3O7P/c18-9-5-25(15(27)24-11(9)23)14-17(21,22)12(26)16(31-14,13(19)20)7-30-33(28)29-6-8-3-1-2-4-10(8)32-33/h1-5,12-14,26H,6-7H2,(H2,23,24,27). The molecular weight excluding hydrogens is 501 g/mol. The predicted molar refractivity (Wildman–Crippen MR) is 103 cm³/mol. The first-order valence-corrected chi connectivity index (χ1v) is 11.0. The summed E-state index contributed by atoms with van der Waals surface area (Å²) in [5.74, 6) is -4.88. The van der Waals surface area contributed by atoms with Crippen molar-refractivity contribution in [2.45, 2.75) is 36.9 Å². The van der Waals surface area contributed by atoms with Crippen molar-refractivity contribution in [3.63, 3.8) is 0 Å². The van der Waals surface area contributed by atoms with Gasteiger partial charge in [-0.2, -0.15) is 13.8 Å². The maximum atomic E-state index is 14.9. The summed E-state index contributed by atoms with van der Waals surface area (Å²) in [6.45, 7) is -1.81. The number of rotatable bonds is 5. The second-order valence-corrected chi connectivity index (χ2v) is 9.16. The Kier molecular flexibility index (Phi) is 5.96. The number of anilines is 1. The van der Waals surface area contributed by atoms with Gasteiger partial charge < -0.3 is 20.1 Å². The fourth-order valence-corrected chi connectivity index (χ4v) is 4.68. The lowest BCUT2D eigenvalue weighted by molar-refractivity contribution is -0.194. The van der Waals surface area contributed by atoms with Crippen LogP contribution in [0.2, 0.25) is 5.02 Å². The van der Waals surface area contributed by atoms with Gasteiger partial charge >= 0.3 is 19.4 Å². The zero-order valence-corrected chi connectivity index (χ0v) is 17.9. The van der Waals surface area contributed by atoms with Gasteiger partial charge in [-0.15, -0.1) is 0 Å². The van der Waals surface area contributed by atoms with Gasteiger partial charge in [-0.25, -0.2) is 18.1 Å². The summed E-state index contributed by atoms with van der Waals surface area (Å²) in [6.07, 6.45) is -9.16. The minimum Gasteiger partial charge on any atom is -0.404 e. The van der Waals surface area contributed by atoms with Crippen molar-refractivity contribution in [3.8, 4) is 5.75 Å². The molecule has 2 aliphatic rings. The number of aliphatic hydroxyl groups is 1. The van der Waals surface area contributed by atoms with Gasteiger partial charge in [0.15, 0.2) is 11.7 Å². The van der Waals surface area contributed by atoms with Gasteiger partial charge in [-0.05, 0) is 6.07 Å². The number of hydrogen-bond donors (Lipinski definition) is 2. The molecule has 0 amide bonds. The van der Waals surface area contributed by atoms with Crippen LogP contribution in [0, 0.1) is 0 Å². The number of nitrogens with zero attached hydrogens (tertiary/aromatic N) is 2. The minimum atomic E-state index is -4.55. The van der Waals surface area contributed by atoms with Gasteiger partial charge in [0.05, 0.1) is 18.2 Å². The van der Waals surface area contributed by atoms with E-state index in [-0.39, 0.29) is 16.9 Å². The van der Waals surface area contributed by atoms with E-state index in [9.17, 15) is 32.0 Å². The predicted octanol–water partition coefficient (Wildman–Crippen LogP) is 2.74. The van der Waals surface area contributed by atoms with E-state index >= 15 is 0 Å². The lowest BCUT2D eigenvalue weighted by atomic mass is 9.96. The van der Waals surface area contributed by atoms with E-state index in [0.29, 0.717) is 11.8 Å². The van der Waals surface area contributed by atoms with Crippen LogP contribution in [-0.2, 0) is 25.0 Å². The van der Waals surface area contributed by atoms with Crippen LogP contribution in [0.15, 0.2) is 35.3 Å². The SMILES string of the molecule is Nc1nc(=O)n(C2OC(COP3(=O)OCc4ccccc4O3)(C(F)F)C(O)C2(F)F)cc1Cl. The molecule has 0 radical (unpaired) electrons. The monoisotopic (exact) mass is 515 g/mol. The summed E-state index contributed by atoms with van der Waals surface area (Å²) in [6, 6.07) is 6.16. The van der Waals surface area contributed by atoms with Crippen molar-refractivity contribution in [1.82, 2.24) is 9.55 Å². The summed E-state index contributed by atoms with van der Waals surface area (Å²) in [5, 5.41) is 9.71. The van der Waals surface area contributed by atoms with Crippen LogP contribution in [0.5, 0.6) is 5.75 Å². The molecule has 0 spiro atoms. The number of aliphatic hydroxyl groups excluding tert-OH is 1. The number of para-hydroxylation sites is 1. The Morgan fingerprint density at radius 3 is 2.79 bits per heavy atom. The van der Waals surface area contributed by atoms with Gasteiger partial charge in [-0.3, -0.25) is 13.6 Å². The Labute approximate surface area is 187 Å². The lowest BCUT2D eigenvalue weighted by Crippen LogP contribution is -2.54. The lowest BCUT2D eigenvalue weighted by Gasteiger charge is -2.32. The van der Waals surface area contributed by atoms with Crippen molar-refractivity contribution < 1.29 is 45.5 Å². The van der Waals surface area contributed by atoms with E-state index in [1.54, 1.807) is 12.1 Å². The van der Waals surface area contributed by atoms with Crippen LogP contribution >= 0.6 is 19.4 Å². The third kappa shape index (κ3) is 4.00. The zero-order chi connectivity index (χ0) is 24.2. The fraction of sp³-hybridized carbons (Fsp3) is 0.412. The fourth-order valence-electron chi connectivity index (χ4n) is 3.28. The van der Waals surface area contributed by atoms with Gasteiger partial charge in [0.1, 0.15) is 11.6 Å². The number of nitrogen functional groups attached to an aromatic ring is 1. The number of fused-ring (bicyclic) bond motifs is 1. The summed E-state index contributed by atoms with van der Waals surface area (Å²) in [7, 11) is -4.55. The molecular formula is C17H15ClF4N3O7P. The molecule has 0 saturated carbocycles. The molecule has 180 valence electrons. The van der Waals surface area contributed by atoms with E-state index in [1.165, 1.54) is 12.1 Å². The smallest absolute Gasteiger partial charge is 0.404 e. The third-order valence-corrected chi connectivity index (χ3v) is 6.66. The van der Waals surface area contributed by atoms with Crippen LogP contribution in [0.4, 0.5) is 23.4 Å². The highest BCUT2D eigenvalue weighted by molar-refractivity contribution is 7.49. The van der Waals surface area contributed by atoms with E-state index in [1.807, 2.05) is 0 Å². The van der Waals surface area contributed by atoms with Crippen LogP contribution < -0.4 is 15.9 Å². The number of alkyl halides is 4. The normalized spacial score (nSPS) is 30.8. The van der Waals surface area contributed by atoms with E-state index in [0.717, 1.165) is 0 Å². The van der Waals surface area contributed by atoms with E-state index in [4.69, 9.17) is 35.6 Å². The highest BCUT2D eigenvalue weighted by Gasteiger charge is 2.71. The maximum absolute atomic E-state index is 14.9. The summed E-state index contributed by atoms with van der Waals surface area (Å²) in [4.78, 5) is 15.3. The number of phosphoric ester groups is 1.